The molecule has 0 spiro atoms. The summed E-state index contributed by atoms with van der Waals surface area (Å²) in [6.45, 7) is 0. The first kappa shape index (κ1) is 13.8. The molecule has 0 saturated carbocycles. The fourth-order valence-electron chi connectivity index (χ4n) is 1.50. The Balaban J connectivity index is 2.36. The van der Waals surface area contributed by atoms with Crippen molar-refractivity contribution in [1.29, 1.82) is 0 Å². The van der Waals surface area contributed by atoms with E-state index >= 15 is 0 Å². The van der Waals surface area contributed by atoms with Gasteiger partial charge in [0.2, 0.25) is 5.95 Å². The van der Waals surface area contributed by atoms with Crippen LogP contribution in [-0.2, 0) is 6.18 Å². The predicted molar refractivity (Wildman–Crippen MR) is 63.7 cm³/mol. The molecule has 0 amide bonds. The van der Waals surface area contributed by atoms with Gasteiger partial charge in [-0.2, -0.15) is 13.2 Å². The molecule has 1 aromatic carbocycles. The number of nitrogens with zero attached hydrogens (tertiary/aromatic N) is 2. The molecule has 1 aromatic heterocycles. The first-order valence-corrected chi connectivity index (χ1v) is 5.37. The van der Waals surface area contributed by atoms with Crippen LogP contribution in [0, 0.1) is 0 Å². The first-order valence-electron chi connectivity index (χ1n) is 5.37. The molecule has 2 N–H and O–H groups in total. The van der Waals surface area contributed by atoms with E-state index in [-0.39, 0.29) is 17.3 Å². The molecule has 0 aliphatic heterocycles. The van der Waals surface area contributed by atoms with Crippen molar-refractivity contribution < 1.29 is 23.1 Å². The van der Waals surface area contributed by atoms with E-state index in [1.54, 1.807) is 0 Å². The van der Waals surface area contributed by atoms with Gasteiger partial charge in [0.25, 0.3) is 0 Å². The third-order valence-electron chi connectivity index (χ3n) is 2.35. The lowest BCUT2D eigenvalue weighted by atomic mass is 10.1. The van der Waals surface area contributed by atoms with E-state index in [1.807, 2.05) is 0 Å². The maximum Gasteiger partial charge on any atom is 0.418 e. The molecule has 0 saturated heterocycles. The van der Waals surface area contributed by atoms with Gasteiger partial charge in [-0.25, -0.2) is 14.8 Å². The number of halogens is 3. The predicted octanol–water partition coefficient (Wildman–Crippen LogP) is 2.94. The minimum Gasteiger partial charge on any atom is -0.477 e. The Morgan fingerprint density at radius 2 is 1.90 bits per heavy atom. The number of rotatable bonds is 3. The smallest absolute Gasteiger partial charge is 0.418 e. The van der Waals surface area contributed by atoms with E-state index in [4.69, 9.17) is 5.11 Å². The normalized spacial score (nSPS) is 11.2. The lowest BCUT2D eigenvalue weighted by Gasteiger charge is -2.13. The zero-order chi connectivity index (χ0) is 14.8. The molecule has 20 heavy (non-hydrogen) atoms. The van der Waals surface area contributed by atoms with Crippen molar-refractivity contribution in [2.75, 3.05) is 5.32 Å². The van der Waals surface area contributed by atoms with Crippen LogP contribution in [0.5, 0.6) is 0 Å². The summed E-state index contributed by atoms with van der Waals surface area (Å²) in [5.41, 5.74) is -1.45. The van der Waals surface area contributed by atoms with Gasteiger partial charge in [0.15, 0.2) is 5.69 Å². The Bertz CT molecular complexity index is 644. The summed E-state index contributed by atoms with van der Waals surface area (Å²) in [7, 11) is 0. The van der Waals surface area contributed by atoms with E-state index in [0.717, 1.165) is 18.3 Å². The maximum absolute atomic E-state index is 12.8. The van der Waals surface area contributed by atoms with Gasteiger partial charge in [0, 0.05) is 6.20 Å². The van der Waals surface area contributed by atoms with Crippen LogP contribution in [0.2, 0.25) is 0 Å². The highest BCUT2D eigenvalue weighted by Crippen LogP contribution is 2.35. The number of benzene rings is 1. The second kappa shape index (κ2) is 5.16. The largest absolute Gasteiger partial charge is 0.477 e. The average Bonchev–Trinajstić information content (AvgIpc) is 2.38. The minimum atomic E-state index is -4.53. The van der Waals surface area contributed by atoms with Gasteiger partial charge in [-0.05, 0) is 18.2 Å². The number of carboxylic acid groups (broad SMARTS) is 1. The number of alkyl halides is 3. The molecule has 0 unspecified atom stereocenters. The number of hydrogen-bond acceptors (Lipinski definition) is 4. The van der Waals surface area contributed by atoms with E-state index in [9.17, 15) is 18.0 Å². The van der Waals surface area contributed by atoms with Gasteiger partial charge in [0.05, 0.1) is 11.3 Å². The molecule has 0 aliphatic rings. The summed E-state index contributed by atoms with van der Waals surface area (Å²) in [6.07, 6.45) is -3.39. The SMILES string of the molecule is O=C(O)c1ccnc(Nc2ccccc2C(F)(F)F)n1. The topological polar surface area (TPSA) is 75.1 Å². The van der Waals surface area contributed by atoms with Gasteiger partial charge in [-0.15, -0.1) is 0 Å². The number of para-hydroxylation sites is 1. The maximum atomic E-state index is 12.8. The van der Waals surface area contributed by atoms with Crippen LogP contribution in [0.4, 0.5) is 24.8 Å². The number of aromatic nitrogens is 2. The van der Waals surface area contributed by atoms with E-state index in [0.29, 0.717) is 0 Å². The Morgan fingerprint density at radius 1 is 1.20 bits per heavy atom. The summed E-state index contributed by atoms with van der Waals surface area (Å²) in [4.78, 5) is 18.0. The van der Waals surface area contributed by atoms with Crippen LogP contribution in [0.15, 0.2) is 36.5 Å². The molecule has 1 heterocycles. The number of anilines is 2. The summed E-state index contributed by atoms with van der Waals surface area (Å²) in [5, 5.41) is 11.1. The zero-order valence-electron chi connectivity index (χ0n) is 9.85. The molecule has 2 aromatic rings. The minimum absolute atomic E-state index is 0.221. The number of carbonyl (C=O) groups is 1. The number of hydrogen-bond donors (Lipinski definition) is 2. The van der Waals surface area contributed by atoms with Crippen LogP contribution >= 0.6 is 0 Å². The van der Waals surface area contributed by atoms with E-state index in [1.165, 1.54) is 18.2 Å². The average molecular weight is 283 g/mol. The zero-order valence-corrected chi connectivity index (χ0v) is 9.85. The lowest BCUT2D eigenvalue weighted by Crippen LogP contribution is -2.10. The highest BCUT2D eigenvalue weighted by molar-refractivity contribution is 5.85. The monoisotopic (exact) mass is 283 g/mol. The standard InChI is InChI=1S/C12H8F3N3O2/c13-12(14,15)7-3-1-2-4-8(7)17-11-16-6-5-9(18-11)10(19)20/h1-6H,(H,19,20)(H,16,17,18). The Kier molecular flexibility index (Phi) is 3.55. The van der Waals surface area contributed by atoms with Crippen LogP contribution < -0.4 is 5.32 Å². The second-order valence-corrected chi connectivity index (χ2v) is 3.74. The second-order valence-electron chi connectivity index (χ2n) is 3.74. The molecule has 0 radical (unpaired) electrons. The number of carboxylic acids is 1. The van der Waals surface area contributed by atoms with Gasteiger partial charge in [-0.3, -0.25) is 0 Å². The summed E-state index contributed by atoms with van der Waals surface area (Å²) in [5.74, 6) is -1.51. The molecule has 0 atom stereocenters. The summed E-state index contributed by atoms with van der Waals surface area (Å²) in [6, 6.07) is 5.92. The highest BCUT2D eigenvalue weighted by atomic mass is 19.4. The van der Waals surface area contributed by atoms with E-state index < -0.39 is 17.7 Å². The molecule has 5 nitrogen and oxygen atoms in total. The van der Waals surface area contributed by atoms with E-state index in [2.05, 4.69) is 15.3 Å². The fourth-order valence-corrected chi connectivity index (χ4v) is 1.50. The van der Waals surface area contributed by atoms with Crippen molar-refractivity contribution in [1.82, 2.24) is 9.97 Å². The van der Waals surface area contributed by atoms with Gasteiger partial charge in [-0.1, -0.05) is 12.1 Å². The van der Waals surface area contributed by atoms with Crippen molar-refractivity contribution in [3.63, 3.8) is 0 Å². The number of aromatic carboxylic acids is 1. The molecule has 2 rings (SSSR count). The molecular formula is C12H8F3N3O2. The van der Waals surface area contributed by atoms with Crippen molar-refractivity contribution in [3.8, 4) is 0 Å². The fraction of sp³-hybridized carbons (Fsp3) is 0.0833. The van der Waals surface area contributed by atoms with Crippen molar-refractivity contribution in [2.45, 2.75) is 6.18 Å². The quantitative estimate of drug-likeness (QED) is 0.905. The number of nitrogens with one attached hydrogen (secondary N) is 1. The molecule has 104 valence electrons. The van der Waals surface area contributed by atoms with Gasteiger partial charge in [0.1, 0.15) is 0 Å². The van der Waals surface area contributed by atoms with Crippen molar-refractivity contribution >= 4 is 17.6 Å². The highest BCUT2D eigenvalue weighted by Gasteiger charge is 2.33. The molecule has 8 heteroatoms. The summed E-state index contributed by atoms with van der Waals surface area (Å²) < 4.78 is 38.4. The van der Waals surface area contributed by atoms with Crippen molar-refractivity contribution in [3.05, 3.63) is 47.8 Å². The molecule has 0 bridgehead atoms. The third-order valence-corrected chi connectivity index (χ3v) is 2.35. The molecule has 0 aliphatic carbocycles. The third kappa shape index (κ3) is 3.02. The molecule has 0 fully saturated rings. The van der Waals surface area contributed by atoms with Crippen LogP contribution in [-0.4, -0.2) is 21.0 Å². The summed E-state index contributed by atoms with van der Waals surface area (Å²) >= 11 is 0. The van der Waals surface area contributed by atoms with Crippen LogP contribution in [0.25, 0.3) is 0 Å². The van der Waals surface area contributed by atoms with Crippen LogP contribution in [0.1, 0.15) is 16.1 Å². The van der Waals surface area contributed by atoms with Gasteiger partial charge >= 0.3 is 12.1 Å². The van der Waals surface area contributed by atoms with Crippen molar-refractivity contribution in [2.24, 2.45) is 0 Å². The Hall–Kier alpha value is -2.64. The first-order chi connectivity index (χ1) is 9.38. The van der Waals surface area contributed by atoms with Crippen LogP contribution in [0.3, 0.4) is 0 Å². The lowest BCUT2D eigenvalue weighted by molar-refractivity contribution is -0.136. The van der Waals surface area contributed by atoms with Gasteiger partial charge < -0.3 is 10.4 Å². The Morgan fingerprint density at radius 3 is 2.55 bits per heavy atom. The Labute approximate surface area is 111 Å². The molecular weight excluding hydrogens is 275 g/mol.